The van der Waals surface area contributed by atoms with Crippen LogP contribution in [0.2, 0.25) is 0 Å². The summed E-state index contributed by atoms with van der Waals surface area (Å²) in [6, 6.07) is 4.56. The van der Waals surface area contributed by atoms with Crippen molar-refractivity contribution in [3.63, 3.8) is 0 Å². The number of ketones is 1. The summed E-state index contributed by atoms with van der Waals surface area (Å²) in [5.41, 5.74) is 3.78. The van der Waals surface area contributed by atoms with E-state index < -0.39 is 15.9 Å². The van der Waals surface area contributed by atoms with Crippen molar-refractivity contribution in [3.05, 3.63) is 40.5 Å². The zero-order valence-corrected chi connectivity index (χ0v) is 15.4. The molecule has 6 heteroatoms. The molecule has 0 saturated carbocycles. The number of allylic oxidation sites excluding steroid dienone is 2. The summed E-state index contributed by atoms with van der Waals surface area (Å²) < 4.78 is 27.3. The van der Waals surface area contributed by atoms with Gasteiger partial charge < -0.3 is 0 Å². The lowest BCUT2D eigenvalue weighted by Crippen LogP contribution is -2.36. The monoisotopic (exact) mass is 361 g/mol. The normalized spacial score (nSPS) is 21.0. The lowest BCUT2D eigenvalue weighted by Gasteiger charge is -2.23. The fraction of sp³-hybridized carbons (Fsp3) is 0.474. The van der Waals surface area contributed by atoms with E-state index in [1.54, 1.807) is 6.07 Å². The number of nitrogens with one attached hydrogen (secondary N) is 1. The van der Waals surface area contributed by atoms with E-state index in [4.69, 9.17) is 0 Å². The highest BCUT2D eigenvalue weighted by atomic mass is 32.2. The van der Waals surface area contributed by atoms with E-state index in [2.05, 4.69) is 4.72 Å². The number of hydrogen-bond acceptors (Lipinski definition) is 4. The summed E-state index contributed by atoms with van der Waals surface area (Å²) in [5, 5.41) is 0. The minimum Gasteiger partial charge on any atom is -0.294 e. The third-order valence-electron chi connectivity index (χ3n) is 5.30. The average molecular weight is 361 g/mol. The molecular weight excluding hydrogens is 338 g/mol. The molecule has 0 spiro atoms. The molecular formula is C19H23NO4S. The summed E-state index contributed by atoms with van der Waals surface area (Å²) in [7, 11) is -3.96. The van der Waals surface area contributed by atoms with Crippen LogP contribution in [-0.2, 0) is 21.2 Å². The number of carbonyl (C=O) groups is 2. The van der Waals surface area contributed by atoms with E-state index in [9.17, 15) is 18.0 Å². The summed E-state index contributed by atoms with van der Waals surface area (Å²) in [4.78, 5) is 24.4. The molecule has 0 aromatic heterocycles. The van der Waals surface area contributed by atoms with Crippen LogP contribution in [0.3, 0.4) is 0 Å². The minimum atomic E-state index is -3.96. The number of amides is 1. The van der Waals surface area contributed by atoms with Gasteiger partial charge in [0.2, 0.25) is 5.91 Å². The van der Waals surface area contributed by atoms with Gasteiger partial charge in [-0.3, -0.25) is 9.59 Å². The van der Waals surface area contributed by atoms with Crippen molar-refractivity contribution in [3.8, 4) is 0 Å². The van der Waals surface area contributed by atoms with Crippen LogP contribution >= 0.6 is 0 Å². The van der Waals surface area contributed by atoms with E-state index in [0.29, 0.717) is 24.8 Å². The Hall–Kier alpha value is -1.95. The number of aryl methyl sites for hydroxylation is 1. The lowest BCUT2D eigenvalue weighted by molar-refractivity contribution is -0.123. The van der Waals surface area contributed by atoms with Crippen molar-refractivity contribution in [2.75, 3.05) is 0 Å². The van der Waals surface area contributed by atoms with Crippen molar-refractivity contribution in [1.82, 2.24) is 4.72 Å². The molecule has 3 rings (SSSR count). The Morgan fingerprint density at radius 1 is 1.12 bits per heavy atom. The second-order valence-electron chi connectivity index (χ2n) is 7.07. The first-order valence-corrected chi connectivity index (χ1v) is 10.1. The summed E-state index contributed by atoms with van der Waals surface area (Å²) in [6.07, 6.45) is 4.08. The molecule has 1 N–H and O–H groups in total. The van der Waals surface area contributed by atoms with Crippen LogP contribution in [-0.4, -0.2) is 20.1 Å². The van der Waals surface area contributed by atoms with Gasteiger partial charge >= 0.3 is 0 Å². The molecule has 0 bridgehead atoms. The Labute approximate surface area is 148 Å². The summed E-state index contributed by atoms with van der Waals surface area (Å²) >= 11 is 0. The Kier molecular flexibility index (Phi) is 4.82. The molecule has 0 fully saturated rings. The second-order valence-corrected chi connectivity index (χ2v) is 8.75. The minimum absolute atomic E-state index is 0.0193. The standard InChI is InChI=1S/C19H23NO4S/c1-12-6-7-15(10-13(12)2)19(22)20-25(23,24)16-9-8-14-4-3-5-18(21)17(14)11-16/h8-9,11,15H,3-7,10H2,1-2H3,(H,20,22). The van der Waals surface area contributed by atoms with E-state index in [-0.39, 0.29) is 16.6 Å². The Bertz CT molecular complexity index is 867. The first-order chi connectivity index (χ1) is 11.8. The zero-order valence-electron chi connectivity index (χ0n) is 14.6. The van der Waals surface area contributed by atoms with Crippen LogP contribution in [0, 0.1) is 5.92 Å². The van der Waals surface area contributed by atoms with Gasteiger partial charge in [-0.05, 0) is 63.6 Å². The van der Waals surface area contributed by atoms with Gasteiger partial charge in [-0.2, -0.15) is 0 Å². The van der Waals surface area contributed by atoms with Crippen LogP contribution in [0.4, 0.5) is 0 Å². The smallest absolute Gasteiger partial charge is 0.264 e. The van der Waals surface area contributed by atoms with Crippen LogP contribution in [0.15, 0.2) is 34.2 Å². The molecule has 1 amide bonds. The van der Waals surface area contributed by atoms with Gasteiger partial charge in [-0.1, -0.05) is 17.2 Å². The molecule has 1 aromatic rings. The molecule has 1 atom stereocenters. The molecule has 134 valence electrons. The number of sulfonamides is 1. The lowest BCUT2D eigenvalue weighted by atomic mass is 9.85. The highest BCUT2D eigenvalue weighted by Crippen LogP contribution is 2.29. The molecule has 2 aliphatic rings. The topological polar surface area (TPSA) is 80.3 Å². The number of carbonyl (C=O) groups excluding carboxylic acids is 2. The number of Topliss-reactive ketones (excluding diaryl/α,β-unsaturated/α-hetero) is 1. The number of rotatable bonds is 3. The third kappa shape index (κ3) is 3.68. The highest BCUT2D eigenvalue weighted by molar-refractivity contribution is 7.90. The van der Waals surface area contributed by atoms with Gasteiger partial charge in [0.1, 0.15) is 0 Å². The number of hydrogen-bond donors (Lipinski definition) is 1. The Balaban J connectivity index is 1.79. The molecule has 0 aliphatic heterocycles. The Morgan fingerprint density at radius 2 is 1.88 bits per heavy atom. The largest absolute Gasteiger partial charge is 0.294 e. The van der Waals surface area contributed by atoms with Crippen molar-refractivity contribution < 1.29 is 18.0 Å². The third-order valence-corrected chi connectivity index (χ3v) is 6.64. The van der Waals surface area contributed by atoms with Gasteiger partial charge in [0.25, 0.3) is 10.0 Å². The van der Waals surface area contributed by atoms with Crippen LogP contribution in [0.5, 0.6) is 0 Å². The molecule has 2 aliphatic carbocycles. The van der Waals surface area contributed by atoms with Gasteiger partial charge in [0, 0.05) is 17.9 Å². The summed E-state index contributed by atoms with van der Waals surface area (Å²) in [6.45, 7) is 4.03. The number of benzene rings is 1. The van der Waals surface area contributed by atoms with Crippen molar-refractivity contribution in [2.24, 2.45) is 5.92 Å². The van der Waals surface area contributed by atoms with Crippen LogP contribution in [0.25, 0.3) is 0 Å². The van der Waals surface area contributed by atoms with Gasteiger partial charge in [0.05, 0.1) is 4.90 Å². The van der Waals surface area contributed by atoms with E-state index in [0.717, 1.165) is 30.4 Å². The second kappa shape index (κ2) is 6.75. The average Bonchev–Trinajstić information content (AvgIpc) is 2.57. The van der Waals surface area contributed by atoms with Gasteiger partial charge in [0.15, 0.2) is 5.78 Å². The van der Waals surface area contributed by atoms with Crippen LogP contribution in [0.1, 0.15) is 61.9 Å². The maximum atomic E-state index is 12.6. The number of fused-ring (bicyclic) bond motifs is 1. The molecule has 1 aromatic carbocycles. The maximum Gasteiger partial charge on any atom is 0.264 e. The Morgan fingerprint density at radius 3 is 2.60 bits per heavy atom. The van der Waals surface area contributed by atoms with Gasteiger partial charge in [-0.15, -0.1) is 0 Å². The maximum absolute atomic E-state index is 12.6. The van der Waals surface area contributed by atoms with E-state index in [1.165, 1.54) is 17.7 Å². The molecule has 25 heavy (non-hydrogen) atoms. The first kappa shape index (κ1) is 17.9. The van der Waals surface area contributed by atoms with Gasteiger partial charge in [-0.25, -0.2) is 13.1 Å². The van der Waals surface area contributed by atoms with Crippen molar-refractivity contribution >= 4 is 21.7 Å². The molecule has 1 unspecified atom stereocenters. The zero-order chi connectivity index (χ0) is 18.2. The molecule has 0 saturated heterocycles. The summed E-state index contributed by atoms with van der Waals surface area (Å²) in [5.74, 6) is -0.818. The van der Waals surface area contributed by atoms with E-state index >= 15 is 0 Å². The highest BCUT2D eigenvalue weighted by Gasteiger charge is 2.28. The predicted molar refractivity (Wildman–Crippen MR) is 94.8 cm³/mol. The molecule has 5 nitrogen and oxygen atoms in total. The van der Waals surface area contributed by atoms with Crippen LogP contribution < -0.4 is 4.72 Å². The SMILES string of the molecule is CC1=C(C)CC(C(=O)NS(=O)(=O)c2ccc3c(c2)C(=O)CCC3)CC1. The molecule has 0 heterocycles. The molecule has 0 radical (unpaired) electrons. The first-order valence-electron chi connectivity index (χ1n) is 8.66. The fourth-order valence-corrected chi connectivity index (χ4v) is 4.59. The van der Waals surface area contributed by atoms with E-state index in [1.807, 2.05) is 13.8 Å². The quantitative estimate of drug-likeness (QED) is 0.839. The fourth-order valence-electron chi connectivity index (χ4n) is 3.52. The van der Waals surface area contributed by atoms with Crippen molar-refractivity contribution in [2.45, 2.75) is 57.3 Å². The predicted octanol–water partition coefficient (Wildman–Crippen LogP) is 3.15. The van der Waals surface area contributed by atoms with Crippen molar-refractivity contribution in [1.29, 1.82) is 0 Å².